The molecule has 0 amide bonds. The molecule has 6 heteroatoms. The summed E-state index contributed by atoms with van der Waals surface area (Å²) in [6, 6.07) is 0.212. The minimum Gasteiger partial charge on any atom is -0.362 e. The Hall–Kier alpha value is -1.53. The number of thiophene rings is 1. The maximum Gasteiger partial charge on any atom is 0.139 e. The highest BCUT2D eigenvalue weighted by Crippen LogP contribution is 2.39. The molecule has 3 heterocycles. The molecule has 0 spiro atoms. The maximum atomic E-state index is 4.70. The Morgan fingerprint density at radius 1 is 1.23 bits per heavy atom. The van der Waals surface area contributed by atoms with Gasteiger partial charge in [-0.2, -0.15) is 0 Å². The number of aryl methyl sites for hydroxylation is 3. The zero-order valence-corrected chi connectivity index (χ0v) is 14.4. The van der Waals surface area contributed by atoms with Crippen LogP contribution in [0.2, 0.25) is 0 Å². The second-order valence-electron chi connectivity index (χ2n) is 5.78. The van der Waals surface area contributed by atoms with E-state index in [4.69, 9.17) is 4.98 Å². The van der Waals surface area contributed by atoms with E-state index in [0.29, 0.717) is 0 Å². The first kappa shape index (κ1) is 14.1. The Morgan fingerprint density at radius 3 is 2.91 bits per heavy atom. The van der Waals surface area contributed by atoms with Crippen LogP contribution < -0.4 is 5.32 Å². The lowest BCUT2D eigenvalue weighted by molar-refractivity contribution is 0.700. The van der Waals surface area contributed by atoms with Crippen LogP contribution in [-0.2, 0) is 12.8 Å². The second kappa shape index (κ2) is 5.59. The lowest BCUT2D eigenvalue weighted by Crippen LogP contribution is -2.09. The monoisotopic (exact) mass is 330 g/mol. The summed E-state index contributed by atoms with van der Waals surface area (Å²) in [7, 11) is 0. The van der Waals surface area contributed by atoms with Crippen LogP contribution >= 0.6 is 22.7 Å². The number of hydrogen-bond donors (Lipinski definition) is 1. The minimum absolute atomic E-state index is 0.212. The van der Waals surface area contributed by atoms with Gasteiger partial charge < -0.3 is 5.32 Å². The molecule has 0 radical (unpaired) electrons. The smallest absolute Gasteiger partial charge is 0.139 e. The molecule has 0 bridgehead atoms. The first-order chi connectivity index (χ1) is 10.7. The molecule has 4 nitrogen and oxygen atoms in total. The van der Waals surface area contributed by atoms with Crippen molar-refractivity contribution in [3.05, 3.63) is 32.8 Å². The third-order valence-corrected chi connectivity index (χ3v) is 6.30. The van der Waals surface area contributed by atoms with Crippen molar-refractivity contribution in [1.82, 2.24) is 15.0 Å². The molecule has 3 aromatic heterocycles. The number of aromatic nitrogens is 3. The minimum atomic E-state index is 0.212. The van der Waals surface area contributed by atoms with Gasteiger partial charge in [-0.3, -0.25) is 4.98 Å². The summed E-state index contributed by atoms with van der Waals surface area (Å²) in [5, 5.41) is 4.84. The van der Waals surface area contributed by atoms with Crippen molar-refractivity contribution < 1.29 is 0 Å². The van der Waals surface area contributed by atoms with Gasteiger partial charge >= 0.3 is 0 Å². The van der Waals surface area contributed by atoms with Crippen LogP contribution in [0.1, 0.15) is 46.9 Å². The molecule has 0 saturated heterocycles. The van der Waals surface area contributed by atoms with E-state index in [9.17, 15) is 0 Å². The predicted molar refractivity (Wildman–Crippen MR) is 92.9 cm³/mol. The molecule has 0 fully saturated rings. The molecule has 0 aromatic carbocycles. The highest BCUT2D eigenvalue weighted by molar-refractivity contribution is 7.19. The quantitative estimate of drug-likeness (QED) is 0.768. The van der Waals surface area contributed by atoms with Gasteiger partial charge in [-0.25, -0.2) is 9.97 Å². The molecule has 22 heavy (non-hydrogen) atoms. The Morgan fingerprint density at radius 2 is 2.09 bits per heavy atom. The van der Waals surface area contributed by atoms with Crippen LogP contribution in [0, 0.1) is 6.92 Å². The average molecular weight is 330 g/mol. The van der Waals surface area contributed by atoms with E-state index in [-0.39, 0.29) is 6.04 Å². The largest absolute Gasteiger partial charge is 0.362 e. The van der Waals surface area contributed by atoms with E-state index in [1.54, 1.807) is 11.3 Å². The van der Waals surface area contributed by atoms with E-state index in [2.05, 4.69) is 22.2 Å². The Kier molecular flexibility index (Phi) is 3.58. The van der Waals surface area contributed by atoms with Crippen molar-refractivity contribution in [2.45, 2.75) is 45.6 Å². The Balaban J connectivity index is 1.80. The number of hydrogen-bond acceptors (Lipinski definition) is 6. The van der Waals surface area contributed by atoms with Gasteiger partial charge in [0.2, 0.25) is 0 Å². The molecule has 1 atom stereocenters. The molecule has 3 aromatic rings. The molecule has 1 aliphatic carbocycles. The van der Waals surface area contributed by atoms with Crippen molar-refractivity contribution in [1.29, 1.82) is 0 Å². The van der Waals surface area contributed by atoms with Gasteiger partial charge in [-0.05, 0) is 45.1 Å². The highest BCUT2D eigenvalue weighted by Gasteiger charge is 2.21. The third-order valence-electron chi connectivity index (χ3n) is 4.16. The SMILES string of the molecule is Cc1nc(N[C@@H](C)c2cncs2)c2c3c(sc2n1)CCCC3. The zero-order chi connectivity index (χ0) is 15.1. The predicted octanol–water partition coefficient (Wildman–Crippen LogP) is 4.51. The molecule has 0 saturated carbocycles. The van der Waals surface area contributed by atoms with Crippen LogP contribution in [0.15, 0.2) is 11.7 Å². The van der Waals surface area contributed by atoms with Crippen molar-refractivity contribution in [2.75, 3.05) is 5.32 Å². The fraction of sp³-hybridized carbons (Fsp3) is 0.438. The molecule has 0 unspecified atom stereocenters. The van der Waals surface area contributed by atoms with Gasteiger partial charge in [0.1, 0.15) is 16.5 Å². The Bertz CT molecular complexity index is 807. The second-order valence-corrected chi connectivity index (χ2v) is 7.78. The average Bonchev–Trinajstić information content (AvgIpc) is 3.14. The standard InChI is InChI=1S/C16H18N4S2/c1-9(13-7-17-8-21-13)18-15-14-11-5-3-4-6-12(11)22-16(14)20-10(2)19-15/h7-9H,3-6H2,1-2H3,(H,18,19,20)/t9-/m0/s1. The van der Waals surface area contributed by atoms with Gasteiger partial charge in [-0.1, -0.05) is 0 Å². The molecular formula is C16H18N4S2. The van der Waals surface area contributed by atoms with Crippen LogP contribution in [0.25, 0.3) is 10.2 Å². The van der Waals surface area contributed by atoms with Crippen molar-refractivity contribution in [3.63, 3.8) is 0 Å². The van der Waals surface area contributed by atoms with Gasteiger partial charge in [0.15, 0.2) is 0 Å². The summed E-state index contributed by atoms with van der Waals surface area (Å²) in [6.07, 6.45) is 6.85. The normalized spacial score (nSPS) is 15.7. The first-order valence-corrected chi connectivity index (χ1v) is 9.36. The molecular weight excluding hydrogens is 312 g/mol. The van der Waals surface area contributed by atoms with E-state index >= 15 is 0 Å². The van der Waals surface area contributed by atoms with E-state index in [1.807, 2.05) is 30.0 Å². The molecule has 114 valence electrons. The van der Waals surface area contributed by atoms with E-state index in [1.165, 1.54) is 40.0 Å². The molecule has 1 aliphatic rings. The number of nitrogens with zero attached hydrogens (tertiary/aromatic N) is 3. The number of rotatable bonds is 3. The van der Waals surface area contributed by atoms with Gasteiger partial charge in [0.25, 0.3) is 0 Å². The highest BCUT2D eigenvalue weighted by atomic mass is 32.1. The topological polar surface area (TPSA) is 50.7 Å². The van der Waals surface area contributed by atoms with Crippen LogP contribution in [0.4, 0.5) is 5.82 Å². The first-order valence-electron chi connectivity index (χ1n) is 7.66. The summed E-state index contributed by atoms with van der Waals surface area (Å²) < 4.78 is 0. The Labute approximate surface area is 137 Å². The third kappa shape index (κ3) is 2.40. The number of thiazole rings is 1. The van der Waals surface area contributed by atoms with Gasteiger partial charge in [-0.15, -0.1) is 22.7 Å². The summed E-state index contributed by atoms with van der Waals surface area (Å²) in [5.41, 5.74) is 3.35. The summed E-state index contributed by atoms with van der Waals surface area (Å²) in [4.78, 5) is 17.4. The van der Waals surface area contributed by atoms with Gasteiger partial charge in [0, 0.05) is 16.0 Å². The van der Waals surface area contributed by atoms with Crippen LogP contribution in [0.5, 0.6) is 0 Å². The van der Waals surface area contributed by atoms with E-state index in [0.717, 1.165) is 22.9 Å². The molecule has 1 N–H and O–H groups in total. The zero-order valence-electron chi connectivity index (χ0n) is 12.7. The van der Waals surface area contributed by atoms with Crippen molar-refractivity contribution in [2.24, 2.45) is 0 Å². The van der Waals surface area contributed by atoms with Crippen LogP contribution in [-0.4, -0.2) is 15.0 Å². The van der Waals surface area contributed by atoms with E-state index < -0.39 is 0 Å². The summed E-state index contributed by atoms with van der Waals surface area (Å²) in [6.45, 7) is 4.14. The van der Waals surface area contributed by atoms with Crippen LogP contribution in [0.3, 0.4) is 0 Å². The summed E-state index contributed by atoms with van der Waals surface area (Å²) >= 11 is 3.53. The molecule has 4 rings (SSSR count). The lowest BCUT2D eigenvalue weighted by Gasteiger charge is -2.16. The molecule has 0 aliphatic heterocycles. The lowest BCUT2D eigenvalue weighted by atomic mass is 9.97. The number of anilines is 1. The van der Waals surface area contributed by atoms with Gasteiger partial charge in [0.05, 0.1) is 16.9 Å². The number of nitrogens with one attached hydrogen (secondary N) is 1. The number of fused-ring (bicyclic) bond motifs is 3. The fourth-order valence-electron chi connectivity index (χ4n) is 3.08. The summed E-state index contributed by atoms with van der Waals surface area (Å²) in [5.74, 6) is 1.83. The fourth-order valence-corrected chi connectivity index (χ4v) is 5.02. The van der Waals surface area contributed by atoms with Crippen molar-refractivity contribution >= 4 is 38.7 Å². The van der Waals surface area contributed by atoms with Crippen molar-refractivity contribution in [3.8, 4) is 0 Å². The maximum absolute atomic E-state index is 4.70.